The van der Waals surface area contributed by atoms with Crippen LogP contribution in [-0.4, -0.2) is 52.1 Å². The summed E-state index contributed by atoms with van der Waals surface area (Å²) in [6.07, 6.45) is 3.82. The van der Waals surface area contributed by atoms with Crippen molar-refractivity contribution in [3.8, 4) is 0 Å². The number of likely N-dealkylation sites (tertiary alicyclic amines) is 1. The highest BCUT2D eigenvalue weighted by Gasteiger charge is 2.21. The molecule has 0 saturated carbocycles. The molecule has 0 unspecified atom stereocenters. The van der Waals surface area contributed by atoms with Crippen molar-refractivity contribution in [2.75, 3.05) is 25.4 Å². The molecule has 0 atom stereocenters. The predicted molar refractivity (Wildman–Crippen MR) is 112 cm³/mol. The van der Waals surface area contributed by atoms with Gasteiger partial charge in [0.1, 0.15) is 6.54 Å². The average molecular weight is 418 g/mol. The van der Waals surface area contributed by atoms with Gasteiger partial charge < -0.3 is 10.2 Å². The Morgan fingerprint density at radius 2 is 1.90 bits per heavy atom. The van der Waals surface area contributed by atoms with Gasteiger partial charge in [-0.1, -0.05) is 42.1 Å². The first-order valence-electron chi connectivity index (χ1n) is 10.2. The van der Waals surface area contributed by atoms with Crippen LogP contribution in [0.25, 0.3) is 0 Å². The van der Waals surface area contributed by atoms with Gasteiger partial charge in [0, 0.05) is 6.54 Å². The van der Waals surface area contributed by atoms with Crippen molar-refractivity contribution in [1.29, 1.82) is 0 Å². The van der Waals surface area contributed by atoms with Crippen LogP contribution in [0, 0.1) is 0 Å². The van der Waals surface area contributed by atoms with Crippen LogP contribution in [0.3, 0.4) is 0 Å². The second-order valence-corrected chi connectivity index (χ2v) is 8.10. The highest BCUT2D eigenvalue weighted by molar-refractivity contribution is 7.99. The van der Waals surface area contributed by atoms with Gasteiger partial charge in [-0.15, -0.1) is 10.2 Å². The van der Waals surface area contributed by atoms with Crippen LogP contribution in [-0.2, 0) is 17.9 Å². The van der Waals surface area contributed by atoms with Crippen molar-refractivity contribution in [2.24, 2.45) is 0 Å². The second kappa shape index (κ2) is 11.0. The third kappa shape index (κ3) is 6.57. The third-order valence-electron chi connectivity index (χ3n) is 4.87. The van der Waals surface area contributed by atoms with E-state index in [2.05, 4.69) is 37.5 Å². The van der Waals surface area contributed by atoms with Crippen LogP contribution in [0.4, 0.5) is 4.79 Å². The number of quaternary nitrogens is 1. The van der Waals surface area contributed by atoms with Gasteiger partial charge in [0.2, 0.25) is 5.91 Å². The molecular weight excluding hydrogens is 388 g/mol. The standard InChI is InChI=1S/C20H28N6O2S/c1-2-21-19(28)22-18(27)15-29-20-24-23-17(14-25-11-7-4-8-12-25)26(20)13-16-9-5-3-6-10-16/h3,5-6,9-10H,2,4,7-8,11-15H2,1H3,(H2,21,22,27,28)/p+1. The number of nitrogens with one attached hydrogen (secondary N) is 3. The SMILES string of the molecule is CCNC(=O)NC(=O)CSc1nnc(C[NH+]2CCCCC2)n1Cc1ccccc1. The normalized spacial score (nSPS) is 14.5. The number of hydrogen-bond donors (Lipinski definition) is 3. The first-order chi connectivity index (χ1) is 14.2. The van der Waals surface area contributed by atoms with Crippen molar-refractivity contribution >= 4 is 23.7 Å². The summed E-state index contributed by atoms with van der Waals surface area (Å²) >= 11 is 1.31. The number of amides is 3. The molecule has 0 bridgehead atoms. The van der Waals surface area contributed by atoms with Gasteiger partial charge in [-0.25, -0.2) is 4.79 Å². The number of carbonyl (C=O) groups excluding carboxylic acids is 2. The van der Waals surface area contributed by atoms with Crippen molar-refractivity contribution in [1.82, 2.24) is 25.4 Å². The molecule has 156 valence electrons. The lowest BCUT2D eigenvalue weighted by molar-refractivity contribution is -0.919. The number of hydrogen-bond acceptors (Lipinski definition) is 5. The van der Waals surface area contributed by atoms with Crippen LogP contribution >= 0.6 is 11.8 Å². The Morgan fingerprint density at radius 1 is 1.14 bits per heavy atom. The van der Waals surface area contributed by atoms with Crippen LogP contribution in [0.1, 0.15) is 37.6 Å². The van der Waals surface area contributed by atoms with Gasteiger partial charge in [0.05, 0.1) is 25.4 Å². The molecule has 1 aromatic carbocycles. The quantitative estimate of drug-likeness (QED) is 0.554. The Bertz CT molecular complexity index is 805. The Kier molecular flexibility index (Phi) is 8.06. The van der Waals surface area contributed by atoms with E-state index in [0.717, 1.165) is 31.0 Å². The molecular formula is C20H29N6O2S+. The zero-order valence-corrected chi connectivity index (χ0v) is 17.6. The van der Waals surface area contributed by atoms with Crippen molar-refractivity contribution in [3.63, 3.8) is 0 Å². The summed E-state index contributed by atoms with van der Waals surface area (Å²) in [6, 6.07) is 9.71. The molecule has 8 nitrogen and oxygen atoms in total. The summed E-state index contributed by atoms with van der Waals surface area (Å²) in [7, 11) is 0. The molecule has 9 heteroatoms. The number of thioether (sulfide) groups is 1. The average Bonchev–Trinajstić information content (AvgIpc) is 3.09. The van der Waals surface area contributed by atoms with E-state index in [1.165, 1.54) is 35.9 Å². The zero-order chi connectivity index (χ0) is 20.5. The fraction of sp³-hybridized carbons (Fsp3) is 0.500. The lowest BCUT2D eigenvalue weighted by atomic mass is 10.1. The number of carbonyl (C=O) groups is 2. The van der Waals surface area contributed by atoms with Crippen LogP contribution < -0.4 is 15.5 Å². The van der Waals surface area contributed by atoms with E-state index in [1.54, 1.807) is 6.92 Å². The number of piperidine rings is 1. The molecule has 2 heterocycles. The van der Waals surface area contributed by atoms with Crippen molar-refractivity contribution < 1.29 is 14.5 Å². The van der Waals surface area contributed by atoms with E-state index >= 15 is 0 Å². The van der Waals surface area contributed by atoms with Gasteiger partial charge >= 0.3 is 6.03 Å². The summed E-state index contributed by atoms with van der Waals surface area (Å²) in [4.78, 5) is 25.1. The van der Waals surface area contributed by atoms with Crippen molar-refractivity contribution in [3.05, 3.63) is 41.7 Å². The lowest BCUT2D eigenvalue weighted by Gasteiger charge is -2.23. The summed E-state index contributed by atoms with van der Waals surface area (Å²) < 4.78 is 2.10. The minimum atomic E-state index is -0.474. The highest BCUT2D eigenvalue weighted by Crippen LogP contribution is 2.18. The largest absolute Gasteiger partial charge is 0.338 e. The molecule has 0 spiro atoms. The fourth-order valence-electron chi connectivity index (χ4n) is 3.43. The zero-order valence-electron chi connectivity index (χ0n) is 16.8. The molecule has 29 heavy (non-hydrogen) atoms. The van der Waals surface area contributed by atoms with Crippen LogP contribution in [0.2, 0.25) is 0 Å². The summed E-state index contributed by atoms with van der Waals surface area (Å²) in [5, 5.41) is 14.4. The number of urea groups is 1. The molecule has 3 rings (SSSR count). The minimum Gasteiger partial charge on any atom is -0.338 e. The molecule has 1 saturated heterocycles. The topological polar surface area (TPSA) is 93.3 Å². The number of rotatable bonds is 8. The fourth-order valence-corrected chi connectivity index (χ4v) is 4.19. The smallest absolute Gasteiger partial charge is 0.321 e. The number of imide groups is 1. The monoisotopic (exact) mass is 417 g/mol. The molecule has 0 radical (unpaired) electrons. The molecule has 3 amide bonds. The molecule has 1 aliphatic rings. The van der Waals surface area contributed by atoms with E-state index in [0.29, 0.717) is 18.2 Å². The van der Waals surface area contributed by atoms with Gasteiger partial charge in [-0.3, -0.25) is 14.7 Å². The van der Waals surface area contributed by atoms with Crippen molar-refractivity contribution in [2.45, 2.75) is 44.4 Å². The predicted octanol–water partition coefficient (Wildman–Crippen LogP) is 0.833. The lowest BCUT2D eigenvalue weighted by Crippen LogP contribution is -3.11. The minimum absolute atomic E-state index is 0.112. The number of benzene rings is 1. The first kappa shape index (κ1) is 21.3. The van der Waals surface area contributed by atoms with E-state index < -0.39 is 6.03 Å². The molecule has 0 aliphatic carbocycles. The van der Waals surface area contributed by atoms with E-state index in [9.17, 15) is 9.59 Å². The number of aromatic nitrogens is 3. The molecule has 3 N–H and O–H groups in total. The summed E-state index contributed by atoms with van der Waals surface area (Å²) in [5.41, 5.74) is 1.16. The van der Waals surface area contributed by atoms with Gasteiger partial charge in [0.25, 0.3) is 0 Å². The highest BCUT2D eigenvalue weighted by atomic mass is 32.2. The third-order valence-corrected chi connectivity index (χ3v) is 5.84. The summed E-state index contributed by atoms with van der Waals surface area (Å²) in [5.74, 6) is 0.705. The molecule has 1 aromatic heterocycles. The number of nitrogens with zero attached hydrogens (tertiary/aromatic N) is 3. The Morgan fingerprint density at radius 3 is 2.62 bits per heavy atom. The Hall–Kier alpha value is -2.39. The molecule has 1 fully saturated rings. The summed E-state index contributed by atoms with van der Waals surface area (Å²) in [6.45, 7) is 6.10. The Labute approximate surface area is 175 Å². The van der Waals surface area contributed by atoms with Crippen LogP contribution in [0.15, 0.2) is 35.5 Å². The molecule has 2 aromatic rings. The maximum Gasteiger partial charge on any atom is 0.321 e. The van der Waals surface area contributed by atoms with Gasteiger partial charge in [-0.2, -0.15) is 0 Å². The molecule has 1 aliphatic heterocycles. The van der Waals surface area contributed by atoms with E-state index in [-0.39, 0.29) is 11.7 Å². The maximum atomic E-state index is 12.0. The van der Waals surface area contributed by atoms with Gasteiger partial charge in [0.15, 0.2) is 11.0 Å². The first-order valence-corrected chi connectivity index (χ1v) is 11.1. The van der Waals surface area contributed by atoms with E-state index in [1.807, 2.05) is 18.2 Å². The van der Waals surface area contributed by atoms with Crippen LogP contribution in [0.5, 0.6) is 0 Å². The second-order valence-electron chi connectivity index (χ2n) is 7.15. The maximum absolute atomic E-state index is 12.0. The van der Waals surface area contributed by atoms with E-state index in [4.69, 9.17) is 0 Å². The Balaban J connectivity index is 1.69. The van der Waals surface area contributed by atoms with Gasteiger partial charge in [-0.05, 0) is 31.7 Å².